The van der Waals surface area contributed by atoms with E-state index in [0.717, 1.165) is 19.6 Å². The first-order valence-electron chi connectivity index (χ1n) is 7.46. The summed E-state index contributed by atoms with van der Waals surface area (Å²) in [5, 5.41) is 3.44. The van der Waals surface area contributed by atoms with Crippen LogP contribution in [0.3, 0.4) is 0 Å². The van der Waals surface area contributed by atoms with Crippen LogP contribution in [0.4, 0.5) is 5.69 Å². The van der Waals surface area contributed by atoms with E-state index in [4.69, 9.17) is 0 Å². The molecule has 0 amide bonds. The zero-order chi connectivity index (χ0) is 15.5. The number of piperazine rings is 1. The van der Waals surface area contributed by atoms with E-state index in [-0.39, 0.29) is 0 Å². The molecule has 1 saturated heterocycles. The highest BCUT2D eigenvalue weighted by Gasteiger charge is 2.25. The summed E-state index contributed by atoms with van der Waals surface area (Å²) in [6.45, 7) is 7.79. The first-order valence-corrected chi connectivity index (χ1v) is 9.30. The van der Waals surface area contributed by atoms with Gasteiger partial charge >= 0.3 is 0 Å². The number of para-hydroxylation sites is 1. The second-order valence-electron chi connectivity index (χ2n) is 5.49. The molecule has 1 aliphatic heterocycles. The highest BCUT2D eigenvalue weighted by atomic mass is 32.2. The van der Waals surface area contributed by atoms with Gasteiger partial charge in [0.1, 0.15) is 0 Å². The molecule has 6 heteroatoms. The Kier molecular flexibility index (Phi) is 5.24. The van der Waals surface area contributed by atoms with Crippen molar-refractivity contribution in [3.8, 4) is 0 Å². The summed E-state index contributed by atoms with van der Waals surface area (Å²) in [7, 11) is -3.07. The number of anilines is 1. The van der Waals surface area contributed by atoms with E-state index in [1.54, 1.807) is 4.31 Å². The summed E-state index contributed by atoms with van der Waals surface area (Å²) in [5.74, 6) is 0. The third-order valence-corrected chi connectivity index (χ3v) is 5.27. The van der Waals surface area contributed by atoms with Crippen LogP contribution in [-0.2, 0) is 10.0 Å². The Hall–Kier alpha value is -1.11. The van der Waals surface area contributed by atoms with Crippen LogP contribution in [0.2, 0.25) is 0 Å². The number of nitrogens with one attached hydrogen (secondary N) is 1. The van der Waals surface area contributed by atoms with Gasteiger partial charge in [-0.25, -0.2) is 8.42 Å². The van der Waals surface area contributed by atoms with E-state index in [1.807, 2.05) is 6.07 Å². The van der Waals surface area contributed by atoms with Crippen molar-refractivity contribution in [2.75, 3.05) is 43.9 Å². The van der Waals surface area contributed by atoms with Crippen molar-refractivity contribution in [3.63, 3.8) is 0 Å². The Balaban J connectivity index is 2.13. The molecule has 118 valence electrons. The summed E-state index contributed by atoms with van der Waals surface area (Å²) in [5.41, 5.74) is 2.48. The first kappa shape index (κ1) is 16.3. The van der Waals surface area contributed by atoms with Gasteiger partial charge in [0.05, 0.1) is 6.26 Å². The van der Waals surface area contributed by atoms with E-state index < -0.39 is 10.0 Å². The van der Waals surface area contributed by atoms with Crippen LogP contribution >= 0.6 is 0 Å². The van der Waals surface area contributed by atoms with E-state index in [0.29, 0.717) is 19.1 Å². The summed E-state index contributed by atoms with van der Waals surface area (Å²) in [4.78, 5) is 2.28. The number of hydrogen-bond donors (Lipinski definition) is 1. The topological polar surface area (TPSA) is 52.6 Å². The molecule has 0 saturated carbocycles. The maximum Gasteiger partial charge on any atom is 0.211 e. The van der Waals surface area contributed by atoms with Gasteiger partial charge < -0.3 is 10.2 Å². The van der Waals surface area contributed by atoms with Crippen molar-refractivity contribution in [2.24, 2.45) is 0 Å². The van der Waals surface area contributed by atoms with Gasteiger partial charge in [-0.1, -0.05) is 25.1 Å². The maximum atomic E-state index is 11.6. The smallest absolute Gasteiger partial charge is 0.211 e. The lowest BCUT2D eigenvalue weighted by atomic mass is 10.0. The third-order valence-electron chi connectivity index (χ3n) is 3.96. The Bertz CT molecular complexity index is 566. The number of rotatable bonds is 5. The van der Waals surface area contributed by atoms with Crippen molar-refractivity contribution in [3.05, 3.63) is 29.8 Å². The van der Waals surface area contributed by atoms with Crippen LogP contribution in [0.1, 0.15) is 25.5 Å². The molecular weight excluding hydrogens is 286 g/mol. The fourth-order valence-electron chi connectivity index (χ4n) is 2.82. The monoisotopic (exact) mass is 311 g/mol. The van der Waals surface area contributed by atoms with Crippen molar-refractivity contribution >= 4 is 15.7 Å². The van der Waals surface area contributed by atoms with Gasteiger partial charge in [-0.3, -0.25) is 0 Å². The van der Waals surface area contributed by atoms with Gasteiger partial charge in [-0.15, -0.1) is 0 Å². The molecule has 5 nitrogen and oxygen atoms in total. The zero-order valence-corrected chi connectivity index (χ0v) is 13.9. The number of benzene rings is 1. The Labute approximate surface area is 128 Å². The molecule has 1 aromatic rings. The van der Waals surface area contributed by atoms with Gasteiger partial charge in [0, 0.05) is 37.9 Å². The quantitative estimate of drug-likeness (QED) is 0.894. The second kappa shape index (κ2) is 6.77. The lowest BCUT2D eigenvalue weighted by Crippen LogP contribution is -2.48. The minimum absolute atomic E-state index is 0.291. The van der Waals surface area contributed by atoms with Gasteiger partial charge in [0.2, 0.25) is 10.0 Å². The van der Waals surface area contributed by atoms with Crippen molar-refractivity contribution in [2.45, 2.75) is 19.9 Å². The highest BCUT2D eigenvalue weighted by Crippen LogP contribution is 2.27. The van der Waals surface area contributed by atoms with Crippen LogP contribution in [-0.4, -0.2) is 51.7 Å². The van der Waals surface area contributed by atoms with Gasteiger partial charge in [-0.05, 0) is 25.1 Å². The molecule has 1 N–H and O–H groups in total. The van der Waals surface area contributed by atoms with E-state index in [2.05, 4.69) is 42.3 Å². The Morgan fingerprint density at radius 1 is 1.19 bits per heavy atom. The first-order chi connectivity index (χ1) is 9.93. The third kappa shape index (κ3) is 3.96. The minimum atomic E-state index is -3.07. The summed E-state index contributed by atoms with van der Waals surface area (Å²) < 4.78 is 24.7. The molecule has 1 atom stereocenters. The highest BCUT2D eigenvalue weighted by molar-refractivity contribution is 7.88. The summed E-state index contributed by atoms with van der Waals surface area (Å²) in [6.07, 6.45) is 1.28. The van der Waals surface area contributed by atoms with Crippen LogP contribution < -0.4 is 10.2 Å². The van der Waals surface area contributed by atoms with Gasteiger partial charge in [0.25, 0.3) is 0 Å². The molecule has 21 heavy (non-hydrogen) atoms. The van der Waals surface area contributed by atoms with E-state index >= 15 is 0 Å². The van der Waals surface area contributed by atoms with Crippen LogP contribution in [0, 0.1) is 0 Å². The summed E-state index contributed by atoms with van der Waals surface area (Å²) in [6, 6.07) is 8.66. The minimum Gasteiger partial charge on any atom is -0.369 e. The molecule has 2 rings (SSSR count). The number of sulfonamides is 1. The summed E-state index contributed by atoms with van der Waals surface area (Å²) >= 11 is 0. The second-order valence-corrected chi connectivity index (χ2v) is 7.47. The fraction of sp³-hybridized carbons (Fsp3) is 0.600. The molecule has 1 heterocycles. The van der Waals surface area contributed by atoms with Crippen molar-refractivity contribution in [1.82, 2.24) is 9.62 Å². The van der Waals surface area contributed by atoms with E-state index in [9.17, 15) is 8.42 Å². The molecule has 1 aromatic carbocycles. The Morgan fingerprint density at radius 2 is 1.81 bits per heavy atom. The normalized spacial score (nSPS) is 18.7. The molecule has 0 aliphatic carbocycles. The molecule has 1 aliphatic rings. The molecule has 0 bridgehead atoms. The zero-order valence-electron chi connectivity index (χ0n) is 13.0. The van der Waals surface area contributed by atoms with Crippen LogP contribution in [0.25, 0.3) is 0 Å². The average molecular weight is 311 g/mol. The molecule has 1 unspecified atom stereocenters. The van der Waals surface area contributed by atoms with Gasteiger partial charge in [0.15, 0.2) is 0 Å². The molecule has 0 spiro atoms. The SMILES string of the molecule is CCNC(C)c1ccccc1N1CCN(S(C)(=O)=O)CC1. The standard InChI is InChI=1S/C15H25N3O2S/c1-4-16-13(2)14-7-5-6-8-15(14)17-9-11-18(12-10-17)21(3,19)20/h5-8,13,16H,4,9-12H2,1-3H3. The maximum absolute atomic E-state index is 11.6. The van der Waals surface area contributed by atoms with Crippen molar-refractivity contribution in [1.29, 1.82) is 0 Å². The predicted molar refractivity (Wildman–Crippen MR) is 87.2 cm³/mol. The molecule has 0 aromatic heterocycles. The molecule has 0 radical (unpaired) electrons. The lowest BCUT2D eigenvalue weighted by molar-refractivity contribution is 0.387. The van der Waals surface area contributed by atoms with Crippen LogP contribution in [0.5, 0.6) is 0 Å². The number of hydrogen-bond acceptors (Lipinski definition) is 4. The average Bonchev–Trinajstić information content (AvgIpc) is 2.47. The fourth-order valence-corrected chi connectivity index (χ4v) is 3.65. The largest absolute Gasteiger partial charge is 0.369 e. The van der Waals surface area contributed by atoms with Crippen molar-refractivity contribution < 1.29 is 8.42 Å². The van der Waals surface area contributed by atoms with E-state index in [1.165, 1.54) is 17.5 Å². The predicted octanol–water partition coefficient (Wildman–Crippen LogP) is 1.44. The van der Waals surface area contributed by atoms with Gasteiger partial charge in [-0.2, -0.15) is 4.31 Å². The Morgan fingerprint density at radius 3 is 2.38 bits per heavy atom. The molecular formula is C15H25N3O2S. The molecule has 1 fully saturated rings. The number of nitrogens with zero attached hydrogens (tertiary/aromatic N) is 2. The van der Waals surface area contributed by atoms with Crippen LogP contribution in [0.15, 0.2) is 24.3 Å². The lowest BCUT2D eigenvalue weighted by Gasteiger charge is -2.36.